The van der Waals surface area contributed by atoms with Crippen molar-refractivity contribution in [3.8, 4) is 0 Å². The molecule has 0 spiro atoms. The summed E-state index contributed by atoms with van der Waals surface area (Å²) in [6.07, 6.45) is 0. The summed E-state index contributed by atoms with van der Waals surface area (Å²) in [5.41, 5.74) is 6.61. The molecule has 2 rings (SSSR count). The molecule has 0 bridgehead atoms. The molecule has 0 aliphatic carbocycles. The van der Waals surface area contributed by atoms with Gasteiger partial charge in [-0.05, 0) is 25.1 Å². The molecule has 0 unspecified atom stereocenters. The minimum atomic E-state index is -0.259. The molecule has 106 valence electrons. The molecule has 2 aromatic rings. The Morgan fingerprint density at radius 2 is 1.90 bits per heavy atom. The molecule has 0 aliphatic rings. The van der Waals surface area contributed by atoms with Gasteiger partial charge in [-0.2, -0.15) is 0 Å². The first-order valence-corrected chi connectivity index (χ1v) is 7.17. The molecule has 3 nitrogen and oxygen atoms in total. The maximum Gasteiger partial charge on any atom is 0.137 e. The zero-order valence-corrected chi connectivity index (χ0v) is 12.9. The van der Waals surface area contributed by atoms with Crippen LogP contribution in [0.2, 0.25) is 0 Å². The van der Waals surface area contributed by atoms with Crippen LogP contribution < -0.4 is 5.73 Å². The van der Waals surface area contributed by atoms with Crippen LogP contribution in [0.3, 0.4) is 0 Å². The van der Waals surface area contributed by atoms with E-state index in [2.05, 4.69) is 9.97 Å². The molecule has 2 N–H and O–H groups in total. The Balaban J connectivity index is 2.43. The SMILES string of the molecule is Cc1c(N)nc(C(C)(C)C)nc1Sc1cccc(F)c1. The van der Waals surface area contributed by atoms with E-state index in [9.17, 15) is 4.39 Å². The van der Waals surface area contributed by atoms with Gasteiger partial charge in [0.05, 0.1) is 0 Å². The summed E-state index contributed by atoms with van der Waals surface area (Å²) in [6, 6.07) is 6.44. The summed E-state index contributed by atoms with van der Waals surface area (Å²) in [4.78, 5) is 9.72. The Kier molecular flexibility index (Phi) is 3.99. The fraction of sp³-hybridized carbons (Fsp3) is 0.333. The number of hydrogen-bond acceptors (Lipinski definition) is 4. The second-order valence-corrected chi connectivity index (χ2v) is 6.73. The van der Waals surface area contributed by atoms with Crippen molar-refractivity contribution in [2.75, 3.05) is 5.73 Å². The van der Waals surface area contributed by atoms with Gasteiger partial charge in [-0.3, -0.25) is 0 Å². The van der Waals surface area contributed by atoms with E-state index in [1.807, 2.05) is 33.8 Å². The van der Waals surface area contributed by atoms with Crippen molar-refractivity contribution >= 4 is 17.6 Å². The number of hydrogen-bond donors (Lipinski definition) is 1. The summed E-state index contributed by atoms with van der Waals surface area (Å²) >= 11 is 1.40. The zero-order chi connectivity index (χ0) is 14.9. The molecule has 0 aliphatic heterocycles. The molecule has 0 amide bonds. The van der Waals surface area contributed by atoms with Gasteiger partial charge in [0.15, 0.2) is 0 Å². The number of nitrogens with zero attached hydrogens (tertiary/aromatic N) is 2. The number of nitrogen functional groups attached to an aromatic ring is 1. The quantitative estimate of drug-likeness (QED) is 0.851. The van der Waals surface area contributed by atoms with Gasteiger partial charge in [0.1, 0.15) is 22.5 Å². The number of anilines is 1. The van der Waals surface area contributed by atoms with Crippen molar-refractivity contribution in [1.29, 1.82) is 0 Å². The average molecular weight is 291 g/mol. The maximum atomic E-state index is 13.2. The summed E-state index contributed by atoms with van der Waals surface area (Å²) in [7, 11) is 0. The Bertz CT molecular complexity index is 636. The van der Waals surface area contributed by atoms with Crippen LogP contribution in [-0.2, 0) is 5.41 Å². The molecule has 20 heavy (non-hydrogen) atoms. The Morgan fingerprint density at radius 3 is 2.50 bits per heavy atom. The molecule has 0 saturated heterocycles. The Hall–Kier alpha value is -1.62. The summed E-state index contributed by atoms with van der Waals surface area (Å²) in [5.74, 6) is 0.911. The normalized spacial score (nSPS) is 11.7. The number of benzene rings is 1. The van der Waals surface area contributed by atoms with Crippen molar-refractivity contribution < 1.29 is 4.39 Å². The van der Waals surface area contributed by atoms with E-state index in [1.54, 1.807) is 6.07 Å². The Labute approximate surface area is 122 Å². The van der Waals surface area contributed by atoms with E-state index in [0.29, 0.717) is 11.6 Å². The van der Waals surface area contributed by atoms with E-state index >= 15 is 0 Å². The number of nitrogens with two attached hydrogens (primary N) is 1. The lowest BCUT2D eigenvalue weighted by Gasteiger charge is -2.19. The van der Waals surface area contributed by atoms with Crippen LogP contribution in [-0.4, -0.2) is 9.97 Å². The van der Waals surface area contributed by atoms with Gasteiger partial charge in [-0.15, -0.1) is 0 Å². The summed E-state index contributed by atoms with van der Waals surface area (Å²) < 4.78 is 13.2. The van der Waals surface area contributed by atoms with Gasteiger partial charge in [0.25, 0.3) is 0 Å². The molecule has 1 aromatic carbocycles. The predicted molar refractivity (Wildman–Crippen MR) is 80.4 cm³/mol. The summed E-state index contributed by atoms with van der Waals surface area (Å²) in [6.45, 7) is 7.98. The third kappa shape index (κ3) is 3.28. The monoisotopic (exact) mass is 291 g/mol. The lowest BCUT2D eigenvalue weighted by molar-refractivity contribution is 0.538. The van der Waals surface area contributed by atoms with Crippen molar-refractivity contribution in [2.24, 2.45) is 0 Å². The highest BCUT2D eigenvalue weighted by atomic mass is 32.2. The second kappa shape index (κ2) is 5.40. The highest BCUT2D eigenvalue weighted by molar-refractivity contribution is 7.99. The topological polar surface area (TPSA) is 51.8 Å². The minimum Gasteiger partial charge on any atom is -0.383 e. The van der Waals surface area contributed by atoms with Gasteiger partial charge in [-0.25, -0.2) is 14.4 Å². The van der Waals surface area contributed by atoms with E-state index in [4.69, 9.17) is 5.73 Å². The molecule has 1 aromatic heterocycles. The van der Waals surface area contributed by atoms with Gasteiger partial charge in [0, 0.05) is 15.9 Å². The van der Waals surface area contributed by atoms with Crippen molar-refractivity contribution in [1.82, 2.24) is 9.97 Å². The van der Waals surface area contributed by atoms with Crippen molar-refractivity contribution in [3.63, 3.8) is 0 Å². The first-order chi connectivity index (χ1) is 9.27. The Morgan fingerprint density at radius 1 is 1.20 bits per heavy atom. The van der Waals surface area contributed by atoms with Gasteiger partial charge >= 0.3 is 0 Å². The number of halogens is 1. The molecule has 1 heterocycles. The lowest BCUT2D eigenvalue weighted by atomic mass is 9.95. The lowest BCUT2D eigenvalue weighted by Crippen LogP contribution is -2.18. The summed E-state index contributed by atoms with van der Waals surface area (Å²) in [5, 5.41) is 0.771. The van der Waals surface area contributed by atoms with Crippen LogP contribution in [0.15, 0.2) is 34.2 Å². The molecule has 0 radical (unpaired) electrons. The van der Waals surface area contributed by atoms with Crippen LogP contribution in [0, 0.1) is 12.7 Å². The van der Waals surface area contributed by atoms with Crippen LogP contribution in [0.4, 0.5) is 10.2 Å². The van der Waals surface area contributed by atoms with Crippen molar-refractivity contribution in [3.05, 3.63) is 41.5 Å². The highest BCUT2D eigenvalue weighted by Gasteiger charge is 2.20. The fourth-order valence-electron chi connectivity index (χ4n) is 1.59. The molecular weight excluding hydrogens is 273 g/mol. The zero-order valence-electron chi connectivity index (χ0n) is 12.1. The predicted octanol–water partition coefficient (Wildman–Crippen LogP) is 3.96. The van der Waals surface area contributed by atoms with E-state index in [0.717, 1.165) is 15.5 Å². The third-order valence-electron chi connectivity index (χ3n) is 2.82. The number of rotatable bonds is 2. The molecule has 0 fully saturated rings. The van der Waals surface area contributed by atoms with E-state index < -0.39 is 0 Å². The minimum absolute atomic E-state index is 0.181. The number of aromatic nitrogens is 2. The van der Waals surface area contributed by atoms with Gasteiger partial charge in [-0.1, -0.05) is 38.6 Å². The van der Waals surface area contributed by atoms with Crippen LogP contribution in [0.5, 0.6) is 0 Å². The van der Waals surface area contributed by atoms with Crippen LogP contribution >= 0.6 is 11.8 Å². The van der Waals surface area contributed by atoms with E-state index in [1.165, 1.54) is 23.9 Å². The highest BCUT2D eigenvalue weighted by Crippen LogP contribution is 2.32. The standard InChI is InChI=1S/C15H18FN3S/c1-9-12(17)18-14(15(2,3)4)19-13(9)20-11-7-5-6-10(16)8-11/h5-8H,1-4H3,(H2,17,18,19). The van der Waals surface area contributed by atoms with Crippen molar-refractivity contribution in [2.45, 2.75) is 43.0 Å². The molecular formula is C15H18FN3S. The first-order valence-electron chi connectivity index (χ1n) is 6.35. The first kappa shape index (κ1) is 14.8. The maximum absolute atomic E-state index is 13.2. The molecule has 0 saturated carbocycles. The second-order valence-electron chi connectivity index (χ2n) is 5.67. The van der Waals surface area contributed by atoms with Crippen LogP contribution in [0.25, 0.3) is 0 Å². The smallest absolute Gasteiger partial charge is 0.137 e. The van der Waals surface area contributed by atoms with E-state index in [-0.39, 0.29) is 11.2 Å². The largest absolute Gasteiger partial charge is 0.383 e. The van der Waals surface area contributed by atoms with Crippen LogP contribution in [0.1, 0.15) is 32.2 Å². The van der Waals surface area contributed by atoms with Gasteiger partial charge < -0.3 is 5.73 Å². The molecule has 0 atom stereocenters. The van der Waals surface area contributed by atoms with Gasteiger partial charge in [0.2, 0.25) is 0 Å². The average Bonchev–Trinajstić information content (AvgIpc) is 2.33. The fourth-order valence-corrected chi connectivity index (χ4v) is 2.52. The molecule has 5 heteroatoms. The third-order valence-corrected chi connectivity index (χ3v) is 3.90.